The van der Waals surface area contributed by atoms with Crippen LogP contribution in [0, 0.1) is 0 Å². The number of thiophene rings is 1. The quantitative estimate of drug-likeness (QED) is 0.700. The zero-order valence-electron chi connectivity index (χ0n) is 11.8. The molecule has 3 aromatic rings. The molecule has 0 amide bonds. The van der Waals surface area contributed by atoms with Crippen molar-refractivity contribution in [1.82, 2.24) is 5.16 Å². The van der Waals surface area contributed by atoms with E-state index >= 15 is 0 Å². The monoisotopic (exact) mass is 318 g/mol. The van der Waals surface area contributed by atoms with Crippen LogP contribution >= 0.6 is 22.9 Å². The van der Waals surface area contributed by atoms with Gasteiger partial charge in [-0.2, -0.15) is 0 Å². The van der Waals surface area contributed by atoms with E-state index in [0.717, 1.165) is 16.0 Å². The number of rotatable bonds is 3. The summed E-state index contributed by atoms with van der Waals surface area (Å²) in [5.74, 6) is 1.56. The number of benzene rings is 1. The lowest BCUT2D eigenvalue weighted by Gasteiger charge is -2.07. The van der Waals surface area contributed by atoms with Crippen molar-refractivity contribution < 1.29 is 4.52 Å². The SMILES string of the molecule is CC(C)c1ccc(-c2c(N)noc2-c2ccc(Cl)s2)cc1. The highest BCUT2D eigenvalue weighted by molar-refractivity contribution is 7.19. The molecule has 0 fully saturated rings. The zero-order valence-corrected chi connectivity index (χ0v) is 13.3. The summed E-state index contributed by atoms with van der Waals surface area (Å²) in [6.07, 6.45) is 0. The molecule has 21 heavy (non-hydrogen) atoms. The number of nitrogens with zero attached hydrogens (tertiary/aromatic N) is 1. The van der Waals surface area contributed by atoms with Gasteiger partial charge in [0.2, 0.25) is 0 Å². The molecule has 0 saturated heterocycles. The molecule has 0 bridgehead atoms. The molecule has 0 spiro atoms. The minimum atomic E-state index is 0.395. The summed E-state index contributed by atoms with van der Waals surface area (Å²) < 4.78 is 6.11. The molecule has 5 heteroatoms. The first kappa shape index (κ1) is 14.2. The molecule has 108 valence electrons. The fourth-order valence-corrected chi connectivity index (χ4v) is 3.25. The van der Waals surface area contributed by atoms with Crippen LogP contribution in [0.15, 0.2) is 40.9 Å². The molecule has 0 unspecified atom stereocenters. The lowest BCUT2D eigenvalue weighted by molar-refractivity contribution is 0.437. The lowest BCUT2D eigenvalue weighted by Crippen LogP contribution is -1.90. The zero-order chi connectivity index (χ0) is 15.0. The first-order valence-electron chi connectivity index (χ1n) is 6.67. The molecule has 2 aromatic heterocycles. The van der Waals surface area contributed by atoms with Gasteiger partial charge in [0.05, 0.1) is 14.8 Å². The van der Waals surface area contributed by atoms with Gasteiger partial charge in [-0.15, -0.1) is 11.3 Å². The van der Waals surface area contributed by atoms with Gasteiger partial charge in [0, 0.05) is 0 Å². The third-order valence-corrected chi connectivity index (χ3v) is 4.61. The predicted octanol–water partition coefficient (Wildman–Crippen LogP) is 5.43. The molecule has 2 N–H and O–H groups in total. The number of nitrogen functional groups attached to an aromatic ring is 1. The van der Waals surface area contributed by atoms with Crippen LogP contribution < -0.4 is 5.73 Å². The average molecular weight is 319 g/mol. The van der Waals surface area contributed by atoms with Crippen LogP contribution in [0.5, 0.6) is 0 Å². The van der Waals surface area contributed by atoms with Gasteiger partial charge in [-0.05, 0) is 29.2 Å². The summed E-state index contributed by atoms with van der Waals surface area (Å²) in [7, 11) is 0. The second kappa shape index (κ2) is 5.54. The third kappa shape index (κ3) is 2.69. The van der Waals surface area contributed by atoms with E-state index in [1.165, 1.54) is 16.9 Å². The lowest BCUT2D eigenvalue weighted by atomic mass is 9.98. The molecular weight excluding hydrogens is 304 g/mol. The summed E-state index contributed by atoms with van der Waals surface area (Å²) in [6.45, 7) is 4.34. The molecule has 0 aliphatic carbocycles. The minimum absolute atomic E-state index is 0.395. The van der Waals surface area contributed by atoms with Gasteiger partial charge in [-0.1, -0.05) is 54.9 Å². The number of aromatic nitrogens is 1. The topological polar surface area (TPSA) is 52.0 Å². The van der Waals surface area contributed by atoms with Gasteiger partial charge in [0.25, 0.3) is 0 Å². The summed E-state index contributed by atoms with van der Waals surface area (Å²) in [4.78, 5) is 0.923. The van der Waals surface area contributed by atoms with Gasteiger partial charge in [-0.25, -0.2) is 0 Å². The molecule has 1 aromatic carbocycles. The first-order chi connectivity index (χ1) is 10.1. The smallest absolute Gasteiger partial charge is 0.186 e. The Kier molecular flexibility index (Phi) is 3.74. The van der Waals surface area contributed by atoms with Crippen molar-refractivity contribution in [2.24, 2.45) is 0 Å². The molecule has 0 aliphatic heterocycles. The maximum atomic E-state index is 6.00. The normalized spacial score (nSPS) is 11.2. The van der Waals surface area contributed by atoms with E-state index < -0.39 is 0 Å². The van der Waals surface area contributed by atoms with E-state index in [4.69, 9.17) is 21.9 Å². The maximum Gasteiger partial charge on any atom is 0.186 e. The van der Waals surface area contributed by atoms with Gasteiger partial charge in [0.15, 0.2) is 11.6 Å². The molecule has 0 radical (unpaired) electrons. The van der Waals surface area contributed by atoms with Crippen molar-refractivity contribution in [1.29, 1.82) is 0 Å². The number of anilines is 1. The van der Waals surface area contributed by atoms with E-state index in [1.807, 2.05) is 12.1 Å². The van der Waals surface area contributed by atoms with E-state index in [0.29, 0.717) is 21.8 Å². The highest BCUT2D eigenvalue weighted by Crippen LogP contribution is 2.40. The summed E-state index contributed by atoms with van der Waals surface area (Å²) in [5, 5.41) is 3.90. The summed E-state index contributed by atoms with van der Waals surface area (Å²) in [6, 6.07) is 12.1. The Morgan fingerprint density at radius 1 is 1.14 bits per heavy atom. The van der Waals surface area contributed by atoms with Crippen LogP contribution in [-0.2, 0) is 0 Å². The second-order valence-electron chi connectivity index (χ2n) is 5.15. The van der Waals surface area contributed by atoms with Crippen LogP contribution in [0.4, 0.5) is 5.82 Å². The predicted molar refractivity (Wildman–Crippen MR) is 88.8 cm³/mol. The Hall–Kier alpha value is -1.78. The van der Waals surface area contributed by atoms with E-state index in [1.54, 1.807) is 0 Å². The second-order valence-corrected chi connectivity index (χ2v) is 6.87. The Bertz CT molecular complexity index is 759. The largest absolute Gasteiger partial charge is 0.380 e. The number of hydrogen-bond donors (Lipinski definition) is 1. The standard InChI is InChI=1S/C16H15ClN2OS/c1-9(2)10-3-5-11(6-4-10)14-15(20-19-16(14)18)12-7-8-13(17)21-12/h3-9H,1-2H3,(H2,18,19). The summed E-state index contributed by atoms with van der Waals surface area (Å²) in [5.41, 5.74) is 9.09. The van der Waals surface area contributed by atoms with E-state index in [9.17, 15) is 0 Å². The van der Waals surface area contributed by atoms with Crippen molar-refractivity contribution >= 4 is 28.8 Å². The van der Waals surface area contributed by atoms with E-state index in [2.05, 4.69) is 43.3 Å². The fourth-order valence-electron chi connectivity index (χ4n) is 2.22. The highest BCUT2D eigenvalue weighted by Gasteiger charge is 2.19. The average Bonchev–Trinajstić information content (AvgIpc) is 3.05. The minimum Gasteiger partial charge on any atom is -0.380 e. The number of nitrogens with two attached hydrogens (primary N) is 1. The van der Waals surface area contributed by atoms with Crippen molar-refractivity contribution in [2.45, 2.75) is 19.8 Å². The molecule has 2 heterocycles. The van der Waals surface area contributed by atoms with Crippen LogP contribution in [0.3, 0.4) is 0 Å². The molecule has 0 aliphatic rings. The van der Waals surface area contributed by atoms with Crippen molar-refractivity contribution in [2.75, 3.05) is 5.73 Å². The van der Waals surface area contributed by atoms with Crippen molar-refractivity contribution in [3.8, 4) is 21.8 Å². The number of halogens is 1. The summed E-state index contributed by atoms with van der Waals surface area (Å²) >= 11 is 7.44. The van der Waals surface area contributed by atoms with Crippen LogP contribution in [-0.4, -0.2) is 5.16 Å². The Morgan fingerprint density at radius 3 is 2.43 bits per heavy atom. The third-order valence-electron chi connectivity index (χ3n) is 3.38. The van der Waals surface area contributed by atoms with Crippen LogP contribution in [0.25, 0.3) is 21.8 Å². The molecule has 3 nitrogen and oxygen atoms in total. The van der Waals surface area contributed by atoms with Crippen molar-refractivity contribution in [3.63, 3.8) is 0 Å². The van der Waals surface area contributed by atoms with Gasteiger partial charge >= 0.3 is 0 Å². The van der Waals surface area contributed by atoms with Gasteiger partial charge in [0.1, 0.15) is 0 Å². The Balaban J connectivity index is 2.08. The highest BCUT2D eigenvalue weighted by atomic mass is 35.5. The molecule has 0 saturated carbocycles. The van der Waals surface area contributed by atoms with E-state index in [-0.39, 0.29) is 0 Å². The van der Waals surface area contributed by atoms with Crippen molar-refractivity contribution in [3.05, 3.63) is 46.3 Å². The molecule has 3 rings (SSSR count). The Morgan fingerprint density at radius 2 is 1.86 bits per heavy atom. The fraction of sp³-hybridized carbons (Fsp3) is 0.188. The Labute approximate surface area is 132 Å². The molecular formula is C16H15ClN2OS. The number of hydrogen-bond acceptors (Lipinski definition) is 4. The van der Waals surface area contributed by atoms with Crippen LogP contribution in [0.1, 0.15) is 25.3 Å². The van der Waals surface area contributed by atoms with Gasteiger partial charge in [-0.3, -0.25) is 0 Å². The molecule has 0 atom stereocenters. The maximum absolute atomic E-state index is 6.00. The van der Waals surface area contributed by atoms with Crippen LogP contribution in [0.2, 0.25) is 4.34 Å². The first-order valence-corrected chi connectivity index (χ1v) is 7.87. The van der Waals surface area contributed by atoms with Gasteiger partial charge < -0.3 is 10.3 Å².